The molecule has 0 aliphatic carbocycles. The van der Waals surface area contributed by atoms with E-state index in [-0.39, 0.29) is 17.6 Å². The molecular weight excluding hydrogens is 350 g/mol. The Morgan fingerprint density at radius 2 is 2.15 bits per heavy atom. The minimum Gasteiger partial charge on any atom is -0.391 e. The highest BCUT2D eigenvalue weighted by Gasteiger charge is 2.32. The number of ether oxygens (including phenoxy) is 2. The number of aliphatic hydroxyl groups excluding tert-OH is 1. The van der Waals surface area contributed by atoms with Crippen LogP contribution in [0, 0.1) is 0 Å². The van der Waals surface area contributed by atoms with Gasteiger partial charge in [0.05, 0.1) is 36.2 Å². The monoisotopic (exact) mass is 377 g/mol. The SMILES string of the molecule is COCc1cc(C(=O)Nc2cc([C@H]3C[C@@H](O)CO3)n(C(C)(C)C)n2)n(C)n1. The molecule has 1 aliphatic rings. The number of amides is 1. The van der Waals surface area contributed by atoms with Crippen molar-refractivity contribution in [2.24, 2.45) is 7.05 Å². The largest absolute Gasteiger partial charge is 0.391 e. The Labute approximate surface area is 158 Å². The number of aromatic nitrogens is 4. The van der Waals surface area contributed by atoms with Crippen LogP contribution in [0.5, 0.6) is 0 Å². The number of carbonyl (C=O) groups is 1. The zero-order valence-electron chi connectivity index (χ0n) is 16.4. The predicted molar refractivity (Wildman–Crippen MR) is 98.4 cm³/mol. The van der Waals surface area contributed by atoms with E-state index in [1.807, 2.05) is 25.5 Å². The quantitative estimate of drug-likeness (QED) is 0.820. The summed E-state index contributed by atoms with van der Waals surface area (Å²) in [6.07, 6.45) is -0.218. The minimum atomic E-state index is -0.481. The molecule has 9 heteroatoms. The van der Waals surface area contributed by atoms with E-state index in [0.29, 0.717) is 36.8 Å². The van der Waals surface area contributed by atoms with Crippen molar-refractivity contribution in [2.75, 3.05) is 19.0 Å². The molecule has 2 N–H and O–H groups in total. The lowest BCUT2D eigenvalue weighted by Gasteiger charge is -2.24. The number of aryl methyl sites for hydroxylation is 1. The van der Waals surface area contributed by atoms with Crippen LogP contribution in [0.3, 0.4) is 0 Å². The molecule has 9 nitrogen and oxygen atoms in total. The first-order valence-electron chi connectivity index (χ1n) is 8.92. The Kier molecular flexibility index (Phi) is 5.36. The molecule has 1 saturated heterocycles. The van der Waals surface area contributed by atoms with Gasteiger partial charge in [0.2, 0.25) is 0 Å². The maximum Gasteiger partial charge on any atom is 0.275 e. The van der Waals surface area contributed by atoms with Gasteiger partial charge >= 0.3 is 0 Å². The zero-order chi connectivity index (χ0) is 19.8. The van der Waals surface area contributed by atoms with Crippen LogP contribution in [0.4, 0.5) is 5.82 Å². The Bertz CT molecular complexity index is 820. The van der Waals surface area contributed by atoms with Crippen LogP contribution in [0.25, 0.3) is 0 Å². The second-order valence-corrected chi connectivity index (χ2v) is 7.78. The lowest BCUT2D eigenvalue weighted by molar-refractivity contribution is 0.0814. The summed E-state index contributed by atoms with van der Waals surface area (Å²) >= 11 is 0. The van der Waals surface area contributed by atoms with E-state index in [0.717, 1.165) is 5.69 Å². The van der Waals surface area contributed by atoms with Crippen molar-refractivity contribution in [2.45, 2.75) is 51.5 Å². The summed E-state index contributed by atoms with van der Waals surface area (Å²) in [6.45, 7) is 6.72. The van der Waals surface area contributed by atoms with E-state index in [1.165, 1.54) is 4.68 Å². The lowest BCUT2D eigenvalue weighted by Crippen LogP contribution is -2.26. The fourth-order valence-corrected chi connectivity index (χ4v) is 3.18. The molecule has 0 radical (unpaired) electrons. The molecule has 0 spiro atoms. The van der Waals surface area contributed by atoms with Gasteiger partial charge < -0.3 is 19.9 Å². The summed E-state index contributed by atoms with van der Waals surface area (Å²) in [7, 11) is 3.29. The van der Waals surface area contributed by atoms with Gasteiger partial charge in [-0.05, 0) is 26.8 Å². The number of methoxy groups -OCH3 is 1. The third kappa shape index (κ3) is 4.20. The number of anilines is 1. The standard InChI is InChI=1S/C18H27N5O4/c1-18(2,3)23-13(15-7-12(24)10-27-15)8-16(21-23)19-17(25)14-6-11(9-26-5)20-22(14)4/h6,8,12,15,24H,7,9-10H2,1-5H3,(H,19,21,25)/t12-,15-/m1/s1. The van der Waals surface area contributed by atoms with Crippen molar-refractivity contribution in [3.8, 4) is 0 Å². The smallest absolute Gasteiger partial charge is 0.275 e. The van der Waals surface area contributed by atoms with Crippen LogP contribution < -0.4 is 5.32 Å². The maximum atomic E-state index is 12.7. The van der Waals surface area contributed by atoms with Crippen LogP contribution in [0.2, 0.25) is 0 Å². The van der Waals surface area contributed by atoms with E-state index in [9.17, 15) is 9.90 Å². The number of carbonyl (C=O) groups excluding carboxylic acids is 1. The molecule has 3 heterocycles. The van der Waals surface area contributed by atoms with Crippen molar-refractivity contribution in [1.82, 2.24) is 19.6 Å². The fraction of sp³-hybridized carbons (Fsp3) is 0.611. The molecule has 148 valence electrons. The van der Waals surface area contributed by atoms with Crippen LogP contribution >= 0.6 is 0 Å². The number of nitrogens with one attached hydrogen (secondary N) is 1. The van der Waals surface area contributed by atoms with Gasteiger partial charge in [-0.25, -0.2) is 0 Å². The van der Waals surface area contributed by atoms with E-state index in [4.69, 9.17) is 9.47 Å². The number of aliphatic hydroxyl groups is 1. The van der Waals surface area contributed by atoms with Crippen molar-refractivity contribution >= 4 is 11.7 Å². The number of nitrogens with zero attached hydrogens (tertiary/aromatic N) is 4. The van der Waals surface area contributed by atoms with Gasteiger partial charge in [0, 0.05) is 26.6 Å². The maximum absolute atomic E-state index is 12.7. The zero-order valence-corrected chi connectivity index (χ0v) is 16.4. The normalized spacial score (nSPS) is 20.2. The highest BCUT2D eigenvalue weighted by molar-refractivity contribution is 6.02. The van der Waals surface area contributed by atoms with Gasteiger partial charge in [0.1, 0.15) is 11.8 Å². The first-order valence-corrected chi connectivity index (χ1v) is 8.92. The Morgan fingerprint density at radius 3 is 2.74 bits per heavy atom. The predicted octanol–water partition coefficient (Wildman–Crippen LogP) is 1.59. The molecule has 1 fully saturated rings. The molecule has 0 bridgehead atoms. The van der Waals surface area contributed by atoms with Gasteiger partial charge in [-0.15, -0.1) is 0 Å². The molecule has 0 unspecified atom stereocenters. The summed E-state index contributed by atoms with van der Waals surface area (Å²) in [6, 6.07) is 3.50. The minimum absolute atomic E-state index is 0.248. The second-order valence-electron chi connectivity index (χ2n) is 7.78. The van der Waals surface area contributed by atoms with Crippen LogP contribution in [0.15, 0.2) is 12.1 Å². The molecule has 0 aromatic carbocycles. The van der Waals surface area contributed by atoms with Gasteiger partial charge in [0.15, 0.2) is 5.82 Å². The molecule has 2 aromatic heterocycles. The van der Waals surface area contributed by atoms with Gasteiger partial charge in [-0.1, -0.05) is 0 Å². The Hall–Kier alpha value is -2.23. The van der Waals surface area contributed by atoms with Gasteiger partial charge in [-0.2, -0.15) is 10.2 Å². The molecule has 0 saturated carbocycles. The molecular formula is C18H27N5O4. The third-order valence-corrected chi connectivity index (χ3v) is 4.38. The molecule has 1 aliphatic heterocycles. The lowest BCUT2D eigenvalue weighted by atomic mass is 10.1. The van der Waals surface area contributed by atoms with Crippen LogP contribution in [0.1, 0.15) is 55.2 Å². The fourth-order valence-electron chi connectivity index (χ4n) is 3.18. The molecule has 1 amide bonds. The molecule has 27 heavy (non-hydrogen) atoms. The van der Waals surface area contributed by atoms with Gasteiger partial charge in [-0.3, -0.25) is 14.2 Å². The average Bonchev–Trinajstić information content (AvgIpc) is 3.26. The first kappa shape index (κ1) is 19.5. The van der Waals surface area contributed by atoms with Crippen molar-refractivity contribution in [3.63, 3.8) is 0 Å². The number of hydrogen-bond acceptors (Lipinski definition) is 6. The van der Waals surface area contributed by atoms with E-state index < -0.39 is 6.10 Å². The summed E-state index contributed by atoms with van der Waals surface area (Å²) in [5.74, 6) is 0.134. The molecule has 3 rings (SSSR count). The summed E-state index contributed by atoms with van der Waals surface area (Å²) < 4.78 is 14.1. The Balaban J connectivity index is 1.84. The topological polar surface area (TPSA) is 103 Å². The highest BCUT2D eigenvalue weighted by atomic mass is 16.5. The molecule has 2 atom stereocenters. The van der Waals surface area contributed by atoms with E-state index in [1.54, 1.807) is 26.3 Å². The van der Waals surface area contributed by atoms with Crippen molar-refractivity contribution < 1.29 is 19.4 Å². The number of hydrogen-bond donors (Lipinski definition) is 2. The van der Waals surface area contributed by atoms with Crippen LogP contribution in [-0.4, -0.2) is 50.4 Å². The Morgan fingerprint density at radius 1 is 1.41 bits per heavy atom. The van der Waals surface area contributed by atoms with Crippen molar-refractivity contribution in [3.05, 3.63) is 29.2 Å². The summed E-state index contributed by atoms with van der Waals surface area (Å²) in [5, 5.41) is 21.4. The van der Waals surface area contributed by atoms with Gasteiger partial charge in [0.25, 0.3) is 5.91 Å². The first-order chi connectivity index (χ1) is 12.7. The third-order valence-electron chi connectivity index (χ3n) is 4.38. The van der Waals surface area contributed by atoms with E-state index >= 15 is 0 Å². The second kappa shape index (κ2) is 7.41. The van der Waals surface area contributed by atoms with Crippen molar-refractivity contribution in [1.29, 1.82) is 0 Å². The van der Waals surface area contributed by atoms with E-state index in [2.05, 4.69) is 15.5 Å². The summed E-state index contributed by atoms with van der Waals surface area (Å²) in [5.41, 5.74) is 1.63. The highest BCUT2D eigenvalue weighted by Crippen LogP contribution is 2.33. The summed E-state index contributed by atoms with van der Waals surface area (Å²) in [4.78, 5) is 12.7. The average molecular weight is 377 g/mol. The number of rotatable bonds is 5. The van der Waals surface area contributed by atoms with Crippen LogP contribution in [-0.2, 0) is 28.7 Å². The molecule has 2 aromatic rings.